The molecule has 110 valence electrons. The number of thioether (sulfide) groups is 1. The van der Waals surface area contributed by atoms with Crippen LogP contribution in [0.25, 0.3) is 10.9 Å². The summed E-state index contributed by atoms with van der Waals surface area (Å²) < 4.78 is 0. The van der Waals surface area contributed by atoms with Gasteiger partial charge in [-0.1, -0.05) is 18.2 Å². The number of amides is 1. The number of nitrogens with zero attached hydrogens (tertiary/aromatic N) is 1. The largest absolute Gasteiger partial charge is 0.480 e. The van der Waals surface area contributed by atoms with Crippen LogP contribution in [-0.2, 0) is 16.0 Å². The minimum atomic E-state index is -0.927. The van der Waals surface area contributed by atoms with Crippen LogP contribution < -0.4 is 0 Å². The quantitative estimate of drug-likeness (QED) is 0.909. The average molecular weight is 304 g/mol. The fourth-order valence-electron chi connectivity index (χ4n) is 2.71. The summed E-state index contributed by atoms with van der Waals surface area (Å²) in [5.74, 6) is -0.130. The minimum absolute atomic E-state index is 0.125. The summed E-state index contributed by atoms with van der Waals surface area (Å²) in [7, 11) is 0. The maximum absolute atomic E-state index is 12.5. The average Bonchev–Trinajstić information content (AvgIpc) is 3.04. The number of fused-ring (bicyclic) bond motifs is 1. The molecule has 1 amide bonds. The lowest BCUT2D eigenvalue weighted by molar-refractivity contribution is -0.147. The van der Waals surface area contributed by atoms with Crippen LogP contribution in [0.1, 0.15) is 11.3 Å². The lowest BCUT2D eigenvalue weighted by Gasteiger charge is -2.20. The molecule has 0 aliphatic carbocycles. The third-order valence-electron chi connectivity index (χ3n) is 3.84. The Kier molecular flexibility index (Phi) is 3.63. The Morgan fingerprint density at radius 1 is 1.43 bits per heavy atom. The van der Waals surface area contributed by atoms with Gasteiger partial charge < -0.3 is 15.0 Å². The van der Waals surface area contributed by atoms with E-state index >= 15 is 0 Å². The molecule has 3 rings (SSSR count). The van der Waals surface area contributed by atoms with Crippen molar-refractivity contribution in [3.8, 4) is 0 Å². The lowest BCUT2D eigenvalue weighted by atomic mass is 10.1. The first kappa shape index (κ1) is 14.0. The van der Waals surface area contributed by atoms with E-state index in [1.165, 1.54) is 16.7 Å². The van der Waals surface area contributed by atoms with Crippen LogP contribution in [0, 0.1) is 6.92 Å². The first-order valence-electron chi connectivity index (χ1n) is 6.74. The molecule has 1 saturated heterocycles. The van der Waals surface area contributed by atoms with Crippen molar-refractivity contribution in [2.75, 3.05) is 11.6 Å². The topological polar surface area (TPSA) is 73.4 Å². The van der Waals surface area contributed by atoms with Crippen molar-refractivity contribution in [3.05, 3.63) is 35.5 Å². The second-order valence-corrected chi connectivity index (χ2v) is 6.17. The van der Waals surface area contributed by atoms with Crippen LogP contribution in [0.2, 0.25) is 0 Å². The SMILES string of the molecule is Cc1[nH]c2ccccc2c1CC(=O)N1CSCC1C(=O)O. The van der Waals surface area contributed by atoms with Gasteiger partial charge in [0.2, 0.25) is 5.91 Å². The van der Waals surface area contributed by atoms with Crippen molar-refractivity contribution in [3.63, 3.8) is 0 Å². The summed E-state index contributed by atoms with van der Waals surface area (Å²) in [6.45, 7) is 1.94. The van der Waals surface area contributed by atoms with E-state index in [1.807, 2.05) is 31.2 Å². The van der Waals surface area contributed by atoms with Gasteiger partial charge in [0.25, 0.3) is 0 Å². The van der Waals surface area contributed by atoms with Crippen LogP contribution in [0.15, 0.2) is 24.3 Å². The molecule has 21 heavy (non-hydrogen) atoms. The number of aromatic amines is 1. The van der Waals surface area contributed by atoms with Gasteiger partial charge in [-0.05, 0) is 18.6 Å². The van der Waals surface area contributed by atoms with E-state index in [2.05, 4.69) is 4.98 Å². The molecule has 0 radical (unpaired) electrons. The highest BCUT2D eigenvalue weighted by atomic mass is 32.2. The van der Waals surface area contributed by atoms with Crippen LogP contribution in [0.5, 0.6) is 0 Å². The lowest BCUT2D eigenvalue weighted by Crippen LogP contribution is -2.42. The van der Waals surface area contributed by atoms with Crippen molar-refractivity contribution in [2.45, 2.75) is 19.4 Å². The number of aromatic nitrogens is 1. The van der Waals surface area contributed by atoms with Gasteiger partial charge in [0.1, 0.15) is 6.04 Å². The van der Waals surface area contributed by atoms with Gasteiger partial charge in [-0.2, -0.15) is 0 Å². The van der Waals surface area contributed by atoms with Crippen molar-refractivity contribution >= 4 is 34.5 Å². The van der Waals surface area contributed by atoms with Gasteiger partial charge in [0, 0.05) is 22.3 Å². The third kappa shape index (κ3) is 2.51. The Bertz CT molecular complexity index is 710. The highest BCUT2D eigenvalue weighted by molar-refractivity contribution is 7.99. The Balaban J connectivity index is 1.87. The summed E-state index contributed by atoms with van der Waals surface area (Å²) in [5, 5.41) is 10.2. The number of nitrogens with one attached hydrogen (secondary N) is 1. The molecule has 1 aromatic carbocycles. The molecular formula is C15H16N2O3S. The molecule has 0 saturated carbocycles. The molecule has 2 aromatic rings. The molecule has 1 unspecified atom stereocenters. The number of H-pyrrole nitrogens is 1. The van der Waals surface area contributed by atoms with E-state index in [4.69, 9.17) is 0 Å². The molecule has 2 N–H and O–H groups in total. The Morgan fingerprint density at radius 3 is 2.95 bits per heavy atom. The fourth-order valence-corrected chi connectivity index (χ4v) is 3.88. The molecule has 1 atom stereocenters. The number of hydrogen-bond donors (Lipinski definition) is 2. The van der Waals surface area contributed by atoms with Gasteiger partial charge in [-0.3, -0.25) is 4.79 Å². The van der Waals surface area contributed by atoms with Gasteiger partial charge in [0.15, 0.2) is 0 Å². The van der Waals surface area contributed by atoms with Crippen molar-refractivity contribution in [1.82, 2.24) is 9.88 Å². The Morgan fingerprint density at radius 2 is 2.19 bits per heavy atom. The zero-order chi connectivity index (χ0) is 15.0. The number of carbonyl (C=O) groups is 2. The number of rotatable bonds is 3. The van der Waals surface area contributed by atoms with Crippen LogP contribution >= 0.6 is 11.8 Å². The maximum atomic E-state index is 12.5. The summed E-state index contributed by atoms with van der Waals surface area (Å²) in [6, 6.07) is 7.14. The second-order valence-electron chi connectivity index (χ2n) is 5.17. The van der Waals surface area contributed by atoms with Gasteiger partial charge >= 0.3 is 5.97 Å². The number of carboxylic acid groups (broad SMARTS) is 1. The first-order chi connectivity index (χ1) is 10.1. The molecule has 5 nitrogen and oxygen atoms in total. The van der Waals surface area contributed by atoms with Crippen molar-refractivity contribution < 1.29 is 14.7 Å². The Hall–Kier alpha value is -1.95. The number of hydrogen-bond acceptors (Lipinski definition) is 3. The number of carbonyl (C=O) groups excluding carboxylic acids is 1. The highest BCUT2D eigenvalue weighted by Crippen LogP contribution is 2.26. The monoisotopic (exact) mass is 304 g/mol. The standard InChI is InChI=1S/C15H16N2O3S/c1-9-11(10-4-2-3-5-12(10)16-9)6-14(18)17-8-21-7-13(17)15(19)20/h2-5,13,16H,6-8H2,1H3,(H,19,20). The first-order valence-corrected chi connectivity index (χ1v) is 7.89. The summed E-state index contributed by atoms with van der Waals surface area (Å²) >= 11 is 1.48. The zero-order valence-corrected chi connectivity index (χ0v) is 12.4. The zero-order valence-electron chi connectivity index (χ0n) is 11.6. The van der Waals surface area contributed by atoms with E-state index in [9.17, 15) is 14.7 Å². The van der Waals surface area contributed by atoms with E-state index in [-0.39, 0.29) is 12.3 Å². The predicted octanol–water partition coefficient (Wildman–Crippen LogP) is 2.00. The molecule has 6 heteroatoms. The molecule has 0 bridgehead atoms. The second kappa shape index (κ2) is 5.44. The molecule has 1 aliphatic heterocycles. The van der Waals surface area contributed by atoms with Crippen molar-refractivity contribution in [1.29, 1.82) is 0 Å². The summed E-state index contributed by atoms with van der Waals surface area (Å²) in [4.78, 5) is 28.4. The van der Waals surface area contributed by atoms with Crippen LogP contribution in [0.3, 0.4) is 0 Å². The van der Waals surface area contributed by atoms with E-state index < -0.39 is 12.0 Å². The number of aryl methyl sites for hydroxylation is 1. The van der Waals surface area contributed by atoms with E-state index in [0.717, 1.165) is 22.2 Å². The minimum Gasteiger partial charge on any atom is -0.480 e. The highest BCUT2D eigenvalue weighted by Gasteiger charge is 2.34. The van der Waals surface area contributed by atoms with Gasteiger partial charge in [0.05, 0.1) is 12.3 Å². The summed E-state index contributed by atoms with van der Waals surface area (Å²) in [5.41, 5.74) is 2.92. The summed E-state index contributed by atoms with van der Waals surface area (Å²) in [6.07, 6.45) is 0.236. The number of aliphatic carboxylic acids is 1. The molecule has 1 aromatic heterocycles. The molecule has 0 spiro atoms. The van der Waals surface area contributed by atoms with E-state index in [0.29, 0.717) is 11.6 Å². The third-order valence-corrected chi connectivity index (χ3v) is 4.85. The molecule has 2 heterocycles. The number of benzene rings is 1. The van der Waals surface area contributed by atoms with Crippen LogP contribution in [-0.4, -0.2) is 44.5 Å². The fraction of sp³-hybridized carbons (Fsp3) is 0.333. The van der Waals surface area contributed by atoms with Crippen molar-refractivity contribution in [2.24, 2.45) is 0 Å². The smallest absolute Gasteiger partial charge is 0.327 e. The van der Waals surface area contributed by atoms with Gasteiger partial charge in [-0.15, -0.1) is 11.8 Å². The van der Waals surface area contributed by atoms with Crippen LogP contribution in [0.4, 0.5) is 0 Å². The Labute approximate surface area is 126 Å². The van der Waals surface area contributed by atoms with E-state index in [1.54, 1.807) is 0 Å². The molecule has 1 fully saturated rings. The number of carboxylic acids is 1. The maximum Gasteiger partial charge on any atom is 0.327 e. The molecular weight excluding hydrogens is 288 g/mol. The normalized spacial score (nSPS) is 18.3. The number of para-hydroxylation sites is 1. The predicted molar refractivity (Wildman–Crippen MR) is 82.3 cm³/mol. The van der Waals surface area contributed by atoms with Gasteiger partial charge in [-0.25, -0.2) is 4.79 Å². The molecule has 1 aliphatic rings.